The van der Waals surface area contributed by atoms with Crippen molar-refractivity contribution in [3.63, 3.8) is 0 Å². The number of hydrogen-bond donors (Lipinski definition) is 1. The molecule has 1 amide bonds. The standard InChI is InChI=1S/C29H31N3O3S/c1-5-20-11-13-23(14-12-20)31-27(33)22(17-30)16-21-15-18(3)32(19(21)4)28-26(29(34)35-6-2)24-9-7-8-10-25(24)36-28/h11-16H,5-10H2,1-4H3,(H,31,33)/b22-16-. The number of benzene rings is 1. The van der Waals surface area contributed by atoms with Crippen molar-refractivity contribution >= 4 is 35.0 Å². The number of ether oxygens (including phenoxy) is 1. The highest BCUT2D eigenvalue weighted by Gasteiger charge is 2.28. The molecule has 4 rings (SSSR count). The normalized spacial score (nSPS) is 13.1. The van der Waals surface area contributed by atoms with E-state index in [9.17, 15) is 14.9 Å². The molecule has 0 saturated carbocycles. The van der Waals surface area contributed by atoms with E-state index in [0.29, 0.717) is 17.9 Å². The Balaban J connectivity index is 1.70. The van der Waals surface area contributed by atoms with E-state index >= 15 is 0 Å². The van der Waals surface area contributed by atoms with Crippen molar-refractivity contribution in [1.29, 1.82) is 5.26 Å². The van der Waals surface area contributed by atoms with Crippen molar-refractivity contribution in [1.82, 2.24) is 4.57 Å². The van der Waals surface area contributed by atoms with Gasteiger partial charge in [-0.25, -0.2) is 4.79 Å². The number of thiophene rings is 1. The van der Waals surface area contributed by atoms with Crippen LogP contribution in [0.1, 0.15) is 70.0 Å². The minimum Gasteiger partial charge on any atom is -0.462 e. The lowest BCUT2D eigenvalue weighted by Crippen LogP contribution is -2.13. The molecule has 3 aromatic rings. The van der Waals surface area contributed by atoms with E-state index in [1.54, 1.807) is 17.4 Å². The van der Waals surface area contributed by atoms with E-state index in [2.05, 4.69) is 16.8 Å². The van der Waals surface area contributed by atoms with Crippen molar-refractivity contribution in [3.05, 3.63) is 74.4 Å². The van der Waals surface area contributed by atoms with E-state index in [1.165, 1.54) is 10.4 Å². The number of carbonyl (C=O) groups excluding carboxylic acids is 2. The van der Waals surface area contributed by atoms with Crippen molar-refractivity contribution in [3.8, 4) is 11.1 Å². The lowest BCUT2D eigenvalue weighted by Gasteiger charge is -2.13. The number of aryl methyl sites for hydroxylation is 3. The molecule has 1 aliphatic carbocycles. The maximum absolute atomic E-state index is 13.0. The molecule has 36 heavy (non-hydrogen) atoms. The minimum atomic E-state index is -0.453. The molecule has 7 heteroatoms. The van der Waals surface area contributed by atoms with Crippen molar-refractivity contribution in [2.75, 3.05) is 11.9 Å². The van der Waals surface area contributed by atoms with Gasteiger partial charge in [-0.1, -0.05) is 19.1 Å². The molecule has 2 heterocycles. The third-order valence-corrected chi connectivity index (χ3v) is 7.87. The van der Waals surface area contributed by atoms with Gasteiger partial charge in [0.1, 0.15) is 16.6 Å². The third-order valence-electron chi connectivity index (χ3n) is 6.59. The van der Waals surface area contributed by atoms with Crippen molar-refractivity contribution in [2.24, 2.45) is 0 Å². The maximum atomic E-state index is 13.0. The van der Waals surface area contributed by atoms with Crippen molar-refractivity contribution in [2.45, 2.75) is 59.8 Å². The smallest absolute Gasteiger partial charge is 0.341 e. The summed E-state index contributed by atoms with van der Waals surface area (Å²) in [6.45, 7) is 8.13. The van der Waals surface area contributed by atoms with Crippen molar-refractivity contribution < 1.29 is 14.3 Å². The zero-order valence-electron chi connectivity index (χ0n) is 21.2. The number of amides is 1. The van der Waals surface area contributed by atoms with Gasteiger partial charge in [-0.05, 0) is 93.8 Å². The Morgan fingerprint density at radius 1 is 1.17 bits per heavy atom. The fourth-order valence-electron chi connectivity index (χ4n) is 4.70. The van der Waals surface area contributed by atoms with Crippen LogP contribution in [-0.2, 0) is 28.8 Å². The molecule has 1 aromatic carbocycles. The summed E-state index contributed by atoms with van der Waals surface area (Å²) in [7, 11) is 0. The minimum absolute atomic E-state index is 0.0194. The summed E-state index contributed by atoms with van der Waals surface area (Å²) in [5.74, 6) is -0.743. The summed E-state index contributed by atoms with van der Waals surface area (Å²) in [5, 5.41) is 13.4. The number of nitrogens with zero attached hydrogens (tertiary/aromatic N) is 2. The SMILES string of the molecule is CCOC(=O)c1c(-n2c(C)cc(/C=C(/C#N)C(=O)Nc3ccc(CC)cc3)c2C)sc2c1CCCC2. The monoisotopic (exact) mass is 501 g/mol. The van der Waals surface area contributed by atoms with E-state index in [4.69, 9.17) is 4.74 Å². The highest BCUT2D eigenvalue weighted by Crippen LogP contribution is 2.39. The third kappa shape index (κ3) is 5.00. The number of esters is 1. The predicted octanol–water partition coefficient (Wildman–Crippen LogP) is 6.32. The first-order chi connectivity index (χ1) is 17.4. The average Bonchev–Trinajstić information content (AvgIpc) is 3.38. The maximum Gasteiger partial charge on any atom is 0.341 e. The van der Waals surface area contributed by atoms with Gasteiger partial charge >= 0.3 is 5.97 Å². The number of rotatable bonds is 7. The topological polar surface area (TPSA) is 84.1 Å². The highest BCUT2D eigenvalue weighted by atomic mass is 32.1. The van der Waals surface area contributed by atoms with Gasteiger partial charge in [-0.15, -0.1) is 11.3 Å². The molecule has 0 atom stereocenters. The second-order valence-electron chi connectivity index (χ2n) is 8.95. The fraction of sp³-hybridized carbons (Fsp3) is 0.345. The second kappa shape index (κ2) is 11.0. The van der Waals surface area contributed by atoms with Crippen LogP contribution < -0.4 is 5.32 Å². The number of anilines is 1. The number of aromatic nitrogens is 1. The molecule has 0 fully saturated rings. The van der Waals surface area contributed by atoms with Gasteiger partial charge in [0.2, 0.25) is 0 Å². The molecule has 0 spiro atoms. The quantitative estimate of drug-likeness (QED) is 0.233. The average molecular weight is 502 g/mol. The number of nitrogens with one attached hydrogen (secondary N) is 1. The molecular weight excluding hydrogens is 470 g/mol. The first-order valence-corrected chi connectivity index (χ1v) is 13.2. The lowest BCUT2D eigenvalue weighted by molar-refractivity contribution is -0.112. The van der Waals surface area contributed by atoms with Crippen LogP contribution in [0.5, 0.6) is 0 Å². The zero-order chi connectivity index (χ0) is 25.8. The van der Waals surface area contributed by atoms with Gasteiger partial charge < -0.3 is 14.6 Å². The van der Waals surface area contributed by atoms with Gasteiger partial charge in [-0.2, -0.15) is 5.26 Å². The summed E-state index contributed by atoms with van der Waals surface area (Å²) < 4.78 is 7.49. The lowest BCUT2D eigenvalue weighted by atomic mass is 9.95. The van der Waals surface area contributed by atoms with Crippen LogP contribution in [0.25, 0.3) is 11.1 Å². The Labute approximate surface area is 216 Å². The first kappa shape index (κ1) is 25.5. The molecule has 0 radical (unpaired) electrons. The Morgan fingerprint density at radius 3 is 2.56 bits per heavy atom. The second-order valence-corrected chi connectivity index (χ2v) is 10.0. The Hall–Kier alpha value is -3.63. The fourth-order valence-corrected chi connectivity index (χ4v) is 6.18. The molecule has 1 aliphatic rings. The van der Waals surface area contributed by atoms with Crippen LogP contribution in [0.2, 0.25) is 0 Å². The molecule has 2 aromatic heterocycles. The summed E-state index contributed by atoms with van der Waals surface area (Å²) >= 11 is 1.64. The molecular formula is C29H31N3O3S. The molecule has 0 aliphatic heterocycles. The summed E-state index contributed by atoms with van der Waals surface area (Å²) in [5.41, 5.74) is 6.16. The van der Waals surface area contributed by atoms with Crippen LogP contribution >= 0.6 is 11.3 Å². The van der Waals surface area contributed by atoms with Gasteiger partial charge in [-0.3, -0.25) is 4.79 Å². The van der Waals surface area contributed by atoms with Gasteiger partial charge in [0.25, 0.3) is 5.91 Å². The van der Waals surface area contributed by atoms with Gasteiger partial charge in [0.05, 0.1) is 12.2 Å². The number of hydrogen-bond acceptors (Lipinski definition) is 5. The predicted molar refractivity (Wildman–Crippen MR) is 144 cm³/mol. The molecule has 6 nitrogen and oxygen atoms in total. The Kier molecular flexibility index (Phi) is 7.76. The number of fused-ring (bicyclic) bond motifs is 1. The Morgan fingerprint density at radius 2 is 1.89 bits per heavy atom. The summed E-state index contributed by atoms with van der Waals surface area (Å²) in [6.07, 6.45) is 6.56. The van der Waals surface area contributed by atoms with Gasteiger partial charge in [0, 0.05) is 22.0 Å². The van der Waals surface area contributed by atoms with E-state index in [1.807, 2.05) is 57.2 Å². The molecule has 0 bridgehead atoms. The molecule has 0 unspecified atom stereocenters. The van der Waals surface area contributed by atoms with Crippen LogP contribution in [-0.4, -0.2) is 23.1 Å². The summed E-state index contributed by atoms with van der Waals surface area (Å²) in [4.78, 5) is 27.1. The van der Waals surface area contributed by atoms with Crippen LogP contribution in [0.15, 0.2) is 35.9 Å². The number of carbonyl (C=O) groups is 2. The van der Waals surface area contributed by atoms with E-state index < -0.39 is 5.91 Å². The largest absolute Gasteiger partial charge is 0.462 e. The highest BCUT2D eigenvalue weighted by molar-refractivity contribution is 7.15. The van der Waals surface area contributed by atoms with Crippen LogP contribution in [0, 0.1) is 25.2 Å². The van der Waals surface area contributed by atoms with Crippen LogP contribution in [0.4, 0.5) is 5.69 Å². The molecule has 186 valence electrons. The van der Waals surface area contributed by atoms with E-state index in [0.717, 1.165) is 59.6 Å². The van der Waals surface area contributed by atoms with Gasteiger partial charge in [0.15, 0.2) is 0 Å². The van der Waals surface area contributed by atoms with E-state index in [-0.39, 0.29) is 11.5 Å². The molecule has 0 saturated heterocycles. The van der Waals surface area contributed by atoms with Crippen LogP contribution in [0.3, 0.4) is 0 Å². The zero-order valence-corrected chi connectivity index (χ0v) is 22.1. The first-order valence-electron chi connectivity index (χ1n) is 12.4. The molecule has 1 N–H and O–H groups in total. The summed E-state index contributed by atoms with van der Waals surface area (Å²) in [6, 6.07) is 11.6. The Bertz CT molecular complexity index is 1370. The number of nitriles is 1.